The Labute approximate surface area is 135 Å². The molecule has 0 saturated heterocycles. The zero-order valence-electron chi connectivity index (χ0n) is 11.9. The number of aryl methyl sites for hydroxylation is 1. The molecule has 110 valence electrons. The van der Waals surface area contributed by atoms with Crippen molar-refractivity contribution in [3.05, 3.63) is 75.3 Å². The van der Waals surface area contributed by atoms with Gasteiger partial charge in [-0.2, -0.15) is 0 Å². The van der Waals surface area contributed by atoms with Crippen LogP contribution in [0.3, 0.4) is 0 Å². The second-order valence-corrected chi connectivity index (χ2v) is 5.02. The van der Waals surface area contributed by atoms with Gasteiger partial charge in [-0.05, 0) is 0 Å². The van der Waals surface area contributed by atoms with Crippen LogP contribution < -0.4 is 0 Å². The molecule has 2 rings (SSSR count). The van der Waals surface area contributed by atoms with Crippen molar-refractivity contribution in [1.82, 2.24) is 0 Å². The molecule has 0 unspecified atom stereocenters. The molecule has 0 heterocycles. The number of aliphatic imine (C=N–C) groups is 2. The number of amidine groups is 1. The molecule has 2 aromatic carbocycles. The summed E-state index contributed by atoms with van der Waals surface area (Å²) in [5.41, 5.74) is 3.01. The Morgan fingerprint density at radius 3 is 2.36 bits per heavy atom. The van der Waals surface area contributed by atoms with Crippen molar-refractivity contribution in [2.24, 2.45) is 9.98 Å². The minimum absolute atomic E-state index is 0.0704. The van der Waals surface area contributed by atoms with Gasteiger partial charge in [0.25, 0.3) is 0 Å². The molecule has 0 bridgehead atoms. The van der Waals surface area contributed by atoms with Gasteiger partial charge in [-0.15, -0.1) is 0 Å². The maximum absolute atomic E-state index is 10.6. The number of non-ortho nitro benzene ring substituents is 1. The van der Waals surface area contributed by atoms with Crippen LogP contribution in [0.4, 0.5) is 5.69 Å². The van der Waals surface area contributed by atoms with Crippen LogP contribution in [-0.4, -0.2) is 31.0 Å². The Kier molecular flexibility index (Phi) is 5.50. The summed E-state index contributed by atoms with van der Waals surface area (Å²) in [6, 6.07) is 14.2. The summed E-state index contributed by atoms with van der Waals surface area (Å²) in [5.74, 6) is 0.567. The fourth-order valence-electron chi connectivity index (χ4n) is 1.83. The third kappa shape index (κ3) is 4.30. The number of hydrogen-bond donors (Lipinski definition) is 0. The summed E-state index contributed by atoms with van der Waals surface area (Å²) in [7, 11) is 0. The minimum atomic E-state index is -0.420. The second-order valence-electron chi connectivity index (χ2n) is 4.63. The van der Waals surface area contributed by atoms with E-state index in [2.05, 4.69) is 30.3 Å². The van der Waals surface area contributed by atoms with Gasteiger partial charge in [0.15, 0.2) is 0 Å². The van der Waals surface area contributed by atoms with Crippen molar-refractivity contribution in [3.8, 4) is 0 Å². The summed E-state index contributed by atoms with van der Waals surface area (Å²) < 4.78 is 2.62. The number of nitrogens with zero attached hydrogens (tertiary/aromatic N) is 3. The monoisotopic (exact) mass is 359 g/mol. The Bertz CT molecular complexity index is 746. The van der Waals surface area contributed by atoms with Crippen LogP contribution in [-0.2, 0) is 6.54 Å². The molecule has 0 atom stereocenters. The van der Waals surface area contributed by atoms with E-state index in [4.69, 9.17) is 0 Å². The molecule has 2 aromatic rings. The van der Waals surface area contributed by atoms with Crippen molar-refractivity contribution in [3.63, 3.8) is 0 Å². The van der Waals surface area contributed by atoms with E-state index in [1.54, 1.807) is 12.1 Å². The van der Waals surface area contributed by atoms with Gasteiger partial charge < -0.3 is 0 Å². The quantitative estimate of drug-likeness (QED) is 0.277. The van der Waals surface area contributed by atoms with Crippen LogP contribution in [0.5, 0.6) is 0 Å². The second kappa shape index (κ2) is 7.57. The molecule has 0 aliphatic rings. The van der Waals surface area contributed by atoms with E-state index in [9.17, 15) is 10.1 Å². The third-order valence-corrected chi connectivity index (χ3v) is 3.21. The summed E-state index contributed by atoms with van der Waals surface area (Å²) in [4.78, 5) is 18.8. The summed E-state index contributed by atoms with van der Waals surface area (Å²) in [6.07, 6.45) is 0. The van der Waals surface area contributed by atoms with Gasteiger partial charge in [-0.25, -0.2) is 0 Å². The first kappa shape index (κ1) is 16.0. The average molecular weight is 358 g/mol. The van der Waals surface area contributed by atoms with Gasteiger partial charge in [0, 0.05) is 0 Å². The summed E-state index contributed by atoms with van der Waals surface area (Å²) in [6.45, 7) is 2.41. The van der Waals surface area contributed by atoms with E-state index < -0.39 is 4.92 Å². The van der Waals surface area contributed by atoms with Gasteiger partial charge in [0.05, 0.1) is 0 Å². The van der Waals surface area contributed by atoms with E-state index >= 15 is 0 Å². The van der Waals surface area contributed by atoms with Gasteiger partial charge in [0.2, 0.25) is 0 Å². The molecule has 0 spiro atoms. The first-order valence-electron chi connectivity index (χ1n) is 6.53. The fourth-order valence-corrected chi connectivity index (χ4v) is 2.01. The van der Waals surface area contributed by atoms with Crippen LogP contribution in [0.2, 0.25) is 0 Å². The molecule has 5 nitrogen and oxygen atoms in total. The van der Waals surface area contributed by atoms with E-state index in [1.807, 2.05) is 31.2 Å². The number of benzene rings is 2. The van der Waals surface area contributed by atoms with Crippen molar-refractivity contribution >= 4 is 31.8 Å². The van der Waals surface area contributed by atoms with Crippen LogP contribution >= 0.6 is 0 Å². The van der Waals surface area contributed by atoms with Crippen molar-refractivity contribution in [1.29, 1.82) is 0 Å². The number of hydrogen-bond acceptors (Lipinski definition) is 3. The first-order chi connectivity index (χ1) is 10.6. The molecule has 0 fully saturated rings. The first-order valence-corrected chi connectivity index (χ1v) is 7.38. The van der Waals surface area contributed by atoms with Crippen molar-refractivity contribution in [2.45, 2.75) is 13.5 Å². The van der Waals surface area contributed by atoms with Gasteiger partial charge in [0.1, 0.15) is 0 Å². The van der Waals surface area contributed by atoms with Gasteiger partial charge >= 0.3 is 136 Å². The number of nitro benzene ring substituents is 1. The Morgan fingerprint density at radius 1 is 1.18 bits per heavy atom. The molecule has 0 radical (unpaired) electrons. The molecule has 0 aliphatic heterocycles. The van der Waals surface area contributed by atoms with Crippen LogP contribution in [0.15, 0.2) is 58.5 Å². The average Bonchev–Trinajstić information content (AvgIpc) is 2.53. The topological polar surface area (TPSA) is 67.9 Å². The zero-order valence-corrected chi connectivity index (χ0v) is 13.6. The summed E-state index contributed by atoms with van der Waals surface area (Å²) >= 11 is 2.60. The van der Waals surface area contributed by atoms with Crippen molar-refractivity contribution < 1.29 is 4.92 Å². The molecule has 0 aromatic heterocycles. The molecule has 0 amide bonds. The van der Waals surface area contributed by atoms with Crippen LogP contribution in [0, 0.1) is 17.0 Å². The maximum atomic E-state index is 10.6. The fraction of sp³-hybridized carbons (Fsp3) is 0.125. The van der Waals surface area contributed by atoms with E-state index in [-0.39, 0.29) is 5.69 Å². The van der Waals surface area contributed by atoms with Crippen LogP contribution in [0.25, 0.3) is 0 Å². The van der Waals surface area contributed by atoms with E-state index in [0.717, 1.165) is 16.7 Å². The molecule has 0 N–H and O–H groups in total. The predicted octanol–water partition coefficient (Wildman–Crippen LogP) is 2.92. The third-order valence-electron chi connectivity index (χ3n) is 3.02. The Hall–Kier alpha value is -2.39. The molecule has 22 heavy (non-hydrogen) atoms. The molecule has 0 saturated carbocycles. The normalized spacial score (nSPS) is 10.9. The number of rotatable bonds is 4. The van der Waals surface area contributed by atoms with Crippen molar-refractivity contribution in [2.75, 3.05) is 0 Å². The standard InChI is InChI=1S/C16H13N3O2Se/c1-12-2-6-14(7-3-12)16(18-11-22)17-10-13-4-8-15(9-5-13)19(20)21/h2-9H,10H2,1H3. The summed E-state index contributed by atoms with van der Waals surface area (Å²) in [5, 5.41) is 10.6. The van der Waals surface area contributed by atoms with E-state index in [0.29, 0.717) is 12.4 Å². The zero-order chi connectivity index (χ0) is 15.9. The van der Waals surface area contributed by atoms with E-state index in [1.165, 1.54) is 12.1 Å². The van der Waals surface area contributed by atoms with Crippen LogP contribution in [0.1, 0.15) is 16.7 Å². The molecule has 6 heteroatoms. The predicted molar refractivity (Wildman–Crippen MR) is 87.7 cm³/mol. The van der Waals surface area contributed by atoms with Gasteiger partial charge in [-0.1, -0.05) is 0 Å². The SMILES string of the molecule is Cc1ccc(C(N=C=[Se])=NCc2ccc([N+](=O)[O-])cc2)cc1. The Morgan fingerprint density at radius 2 is 1.82 bits per heavy atom. The molecular weight excluding hydrogens is 345 g/mol. The Balaban J connectivity index is 2.21. The van der Waals surface area contributed by atoms with Gasteiger partial charge in [-0.3, -0.25) is 0 Å². The molecule has 0 aliphatic carbocycles. The molecular formula is C16H13N3O2Se. The number of nitro groups is 1.